The maximum Gasteiger partial charge on any atom is 0.336 e. The fourth-order valence-corrected chi connectivity index (χ4v) is 3.09. The maximum absolute atomic E-state index is 12.0. The molecule has 4 rings (SSSR count). The van der Waals surface area contributed by atoms with Crippen molar-refractivity contribution >= 4 is 11.0 Å². The monoisotopic (exact) mass is 370 g/mol. The van der Waals surface area contributed by atoms with Crippen LogP contribution in [-0.2, 0) is 4.74 Å². The normalized spacial score (nSPS) is 25.4. The van der Waals surface area contributed by atoms with Gasteiger partial charge >= 0.3 is 5.63 Å². The third kappa shape index (κ3) is 3.45. The number of ether oxygens (including phenoxy) is 2. The molecule has 1 fully saturated rings. The van der Waals surface area contributed by atoms with Crippen LogP contribution in [0, 0.1) is 0 Å². The number of rotatable bonds is 3. The van der Waals surface area contributed by atoms with Crippen molar-refractivity contribution in [2.75, 3.05) is 6.61 Å². The minimum absolute atomic E-state index is 0.163. The van der Waals surface area contributed by atoms with Crippen LogP contribution in [0.1, 0.15) is 0 Å². The summed E-state index contributed by atoms with van der Waals surface area (Å²) in [6.07, 6.45) is -5.10. The summed E-state index contributed by atoms with van der Waals surface area (Å²) in [5.41, 5.74) is 1.45. The molecule has 0 spiro atoms. The number of aliphatic hydroxyl groups excluding tert-OH is 3. The number of benzene rings is 2. The van der Waals surface area contributed by atoms with Crippen LogP contribution in [0.15, 0.2) is 63.8 Å². The molecule has 7 nitrogen and oxygen atoms in total. The van der Waals surface area contributed by atoms with Gasteiger partial charge < -0.3 is 29.2 Å². The molecule has 7 heteroatoms. The molecule has 1 aromatic heterocycles. The Morgan fingerprint density at radius 1 is 0.963 bits per heavy atom. The lowest BCUT2D eigenvalue weighted by Gasteiger charge is -2.34. The van der Waals surface area contributed by atoms with Crippen molar-refractivity contribution in [3.05, 3.63) is 65.0 Å². The molecule has 4 atom stereocenters. The van der Waals surface area contributed by atoms with Crippen molar-refractivity contribution in [2.24, 2.45) is 0 Å². The van der Waals surface area contributed by atoms with Gasteiger partial charge in [-0.3, -0.25) is 0 Å². The predicted octanol–water partition coefficient (Wildman–Crippen LogP) is 1.28. The largest absolute Gasteiger partial charge is 0.462 e. The number of aliphatic hydroxyl groups is 3. The van der Waals surface area contributed by atoms with Crippen LogP contribution in [0.3, 0.4) is 0 Å². The van der Waals surface area contributed by atoms with E-state index < -0.39 is 30.2 Å². The van der Waals surface area contributed by atoms with E-state index >= 15 is 0 Å². The molecule has 3 aromatic rings. The van der Waals surface area contributed by atoms with Gasteiger partial charge in [-0.25, -0.2) is 4.79 Å². The molecular formula is C20H18O7. The molecule has 0 bridgehead atoms. The molecular weight excluding hydrogens is 352 g/mol. The van der Waals surface area contributed by atoms with Gasteiger partial charge in [0.25, 0.3) is 0 Å². The molecule has 3 N–H and O–H groups in total. The van der Waals surface area contributed by atoms with Crippen molar-refractivity contribution in [1.29, 1.82) is 0 Å². The predicted molar refractivity (Wildman–Crippen MR) is 96.3 cm³/mol. The highest BCUT2D eigenvalue weighted by Gasteiger charge is 2.39. The first-order valence-electron chi connectivity index (χ1n) is 8.49. The Morgan fingerprint density at radius 3 is 2.52 bits per heavy atom. The van der Waals surface area contributed by atoms with Gasteiger partial charge in [0.1, 0.15) is 29.6 Å². The van der Waals surface area contributed by atoms with E-state index in [-0.39, 0.29) is 6.61 Å². The van der Waals surface area contributed by atoms with Crippen LogP contribution in [0.25, 0.3) is 22.1 Å². The van der Waals surface area contributed by atoms with Gasteiger partial charge in [0.2, 0.25) is 6.29 Å². The molecule has 0 radical (unpaired) electrons. The van der Waals surface area contributed by atoms with E-state index in [1.165, 1.54) is 12.1 Å². The minimum Gasteiger partial charge on any atom is -0.462 e. The summed E-state index contributed by atoms with van der Waals surface area (Å²) in [5, 5.41) is 30.0. The molecule has 1 aliphatic heterocycles. The molecule has 27 heavy (non-hydrogen) atoms. The van der Waals surface area contributed by atoms with E-state index in [0.29, 0.717) is 11.3 Å². The van der Waals surface area contributed by atoms with Crippen LogP contribution in [-0.4, -0.2) is 46.5 Å². The fraction of sp³-hybridized carbons (Fsp3) is 0.250. The standard InChI is InChI=1S/C20H18O7/c21-15-10-25-20(19(24)18(15)23)26-12-6-7-13-14(11-4-2-1-3-5-11)9-17(22)27-16(13)8-12/h1-9,15,18-21,23-24H,10H2. The Labute approximate surface area is 154 Å². The van der Waals surface area contributed by atoms with E-state index in [1.807, 2.05) is 30.3 Å². The summed E-state index contributed by atoms with van der Waals surface area (Å²) in [5.74, 6) is 0.295. The fourth-order valence-electron chi connectivity index (χ4n) is 3.09. The van der Waals surface area contributed by atoms with Crippen molar-refractivity contribution in [1.82, 2.24) is 0 Å². The second-order valence-electron chi connectivity index (χ2n) is 6.37. The van der Waals surface area contributed by atoms with Crippen LogP contribution < -0.4 is 10.4 Å². The van der Waals surface area contributed by atoms with Gasteiger partial charge in [-0.05, 0) is 23.3 Å². The molecule has 2 aromatic carbocycles. The van der Waals surface area contributed by atoms with E-state index in [2.05, 4.69) is 0 Å². The second kappa shape index (κ2) is 7.13. The Kier molecular flexibility index (Phi) is 4.67. The molecule has 0 amide bonds. The Bertz CT molecular complexity index is 998. The lowest BCUT2D eigenvalue weighted by atomic mass is 10.0. The smallest absolute Gasteiger partial charge is 0.336 e. The second-order valence-corrected chi connectivity index (χ2v) is 6.37. The molecule has 0 aliphatic carbocycles. The lowest BCUT2D eigenvalue weighted by molar-refractivity contribution is -0.242. The lowest BCUT2D eigenvalue weighted by Crippen LogP contribution is -2.54. The first-order valence-corrected chi connectivity index (χ1v) is 8.49. The summed E-state index contributed by atoms with van der Waals surface area (Å²) < 4.78 is 16.1. The van der Waals surface area contributed by atoms with Crippen LogP contribution in [0.2, 0.25) is 0 Å². The third-order valence-corrected chi connectivity index (χ3v) is 4.51. The van der Waals surface area contributed by atoms with Crippen LogP contribution in [0.5, 0.6) is 5.75 Å². The quantitative estimate of drug-likeness (QED) is 0.596. The topological polar surface area (TPSA) is 109 Å². The zero-order valence-electron chi connectivity index (χ0n) is 14.2. The van der Waals surface area contributed by atoms with Crippen molar-refractivity contribution in [2.45, 2.75) is 24.6 Å². The van der Waals surface area contributed by atoms with Gasteiger partial charge in [0, 0.05) is 17.5 Å². The molecule has 1 aliphatic rings. The molecule has 4 unspecified atom stereocenters. The average Bonchev–Trinajstić information content (AvgIpc) is 2.68. The van der Waals surface area contributed by atoms with Gasteiger partial charge in [0.15, 0.2) is 0 Å². The third-order valence-electron chi connectivity index (χ3n) is 4.51. The zero-order chi connectivity index (χ0) is 19.0. The van der Waals surface area contributed by atoms with E-state index in [4.69, 9.17) is 13.9 Å². The summed E-state index contributed by atoms with van der Waals surface area (Å²) in [6, 6.07) is 15.8. The average molecular weight is 370 g/mol. The van der Waals surface area contributed by atoms with Crippen molar-refractivity contribution in [3.63, 3.8) is 0 Å². The van der Waals surface area contributed by atoms with Crippen LogP contribution in [0.4, 0.5) is 0 Å². The minimum atomic E-state index is -1.41. The highest BCUT2D eigenvalue weighted by molar-refractivity contribution is 5.93. The maximum atomic E-state index is 12.0. The van der Waals surface area contributed by atoms with Crippen molar-refractivity contribution < 1.29 is 29.2 Å². The summed E-state index contributed by atoms with van der Waals surface area (Å²) in [6.45, 7) is -0.163. The van der Waals surface area contributed by atoms with Gasteiger partial charge in [-0.2, -0.15) is 0 Å². The van der Waals surface area contributed by atoms with E-state index in [0.717, 1.165) is 16.5 Å². The summed E-state index contributed by atoms with van der Waals surface area (Å²) in [4.78, 5) is 12.0. The van der Waals surface area contributed by atoms with Gasteiger partial charge in [0.05, 0.1) is 6.61 Å². The Hall–Kier alpha value is -2.71. The van der Waals surface area contributed by atoms with Crippen molar-refractivity contribution in [3.8, 4) is 16.9 Å². The van der Waals surface area contributed by atoms with Gasteiger partial charge in [-0.1, -0.05) is 30.3 Å². The van der Waals surface area contributed by atoms with E-state index in [9.17, 15) is 20.1 Å². The zero-order valence-corrected chi connectivity index (χ0v) is 14.2. The molecule has 1 saturated heterocycles. The first-order chi connectivity index (χ1) is 13.0. The summed E-state index contributed by atoms with van der Waals surface area (Å²) >= 11 is 0. The number of hydrogen-bond acceptors (Lipinski definition) is 7. The SMILES string of the molecule is O=c1cc(-c2ccccc2)c2ccc(OC3OCC(O)C(O)C3O)cc2o1. The van der Waals surface area contributed by atoms with Crippen LogP contribution >= 0.6 is 0 Å². The molecule has 2 heterocycles. The van der Waals surface area contributed by atoms with Gasteiger partial charge in [-0.15, -0.1) is 0 Å². The highest BCUT2D eigenvalue weighted by atomic mass is 16.7. The molecule has 0 saturated carbocycles. The first kappa shape index (κ1) is 17.7. The molecule has 140 valence electrons. The Morgan fingerprint density at radius 2 is 1.74 bits per heavy atom. The van der Waals surface area contributed by atoms with E-state index in [1.54, 1.807) is 12.1 Å². The number of hydrogen-bond donors (Lipinski definition) is 3. The number of fused-ring (bicyclic) bond motifs is 1. The highest BCUT2D eigenvalue weighted by Crippen LogP contribution is 2.30. The Balaban J connectivity index is 1.68. The summed E-state index contributed by atoms with van der Waals surface area (Å²) in [7, 11) is 0.